The van der Waals surface area contributed by atoms with Crippen LogP contribution < -0.4 is 10.1 Å². The van der Waals surface area contributed by atoms with Crippen molar-refractivity contribution in [1.82, 2.24) is 9.97 Å². The molecule has 8 heteroatoms. The van der Waals surface area contributed by atoms with E-state index < -0.39 is 11.7 Å². The zero-order valence-electron chi connectivity index (χ0n) is 10.9. The monoisotopic (exact) mass is 317 g/mol. The molecule has 0 radical (unpaired) electrons. The Labute approximate surface area is 123 Å². The van der Waals surface area contributed by atoms with Crippen LogP contribution in [0.4, 0.5) is 19.0 Å². The van der Waals surface area contributed by atoms with E-state index >= 15 is 0 Å². The molecule has 0 amide bonds. The van der Waals surface area contributed by atoms with Crippen LogP contribution in [0, 0.1) is 0 Å². The Morgan fingerprint density at radius 1 is 1.33 bits per heavy atom. The van der Waals surface area contributed by atoms with Gasteiger partial charge in [0.2, 0.25) is 5.88 Å². The standard InChI is InChI=1S/C13H11ClF3N3O/c1-21-12-8(3-2-4-18-12)7-19-11-6-9(13(15,16)17)5-10(14)20-11/h2-6H,7H2,1H3,(H,19,20). The molecule has 112 valence electrons. The molecule has 0 aliphatic rings. The second-order valence-electron chi connectivity index (χ2n) is 4.09. The fourth-order valence-corrected chi connectivity index (χ4v) is 1.89. The molecule has 0 spiro atoms. The molecule has 21 heavy (non-hydrogen) atoms. The van der Waals surface area contributed by atoms with Crippen LogP contribution in [0.1, 0.15) is 11.1 Å². The number of nitrogens with one attached hydrogen (secondary N) is 1. The summed E-state index contributed by atoms with van der Waals surface area (Å²) in [6.07, 6.45) is -2.92. The molecular weight excluding hydrogens is 307 g/mol. The van der Waals surface area contributed by atoms with Crippen LogP contribution in [0.15, 0.2) is 30.5 Å². The summed E-state index contributed by atoms with van der Waals surface area (Å²) in [4.78, 5) is 7.81. The summed E-state index contributed by atoms with van der Waals surface area (Å²) in [5, 5.41) is 2.54. The second-order valence-corrected chi connectivity index (χ2v) is 4.47. The number of alkyl halides is 3. The Morgan fingerprint density at radius 3 is 2.76 bits per heavy atom. The maximum Gasteiger partial charge on any atom is 0.416 e. The van der Waals surface area contributed by atoms with Gasteiger partial charge < -0.3 is 10.1 Å². The number of halogens is 4. The van der Waals surface area contributed by atoms with Gasteiger partial charge in [-0.1, -0.05) is 17.7 Å². The van der Waals surface area contributed by atoms with Crippen molar-refractivity contribution in [2.24, 2.45) is 0 Å². The van der Waals surface area contributed by atoms with Crippen molar-refractivity contribution in [3.05, 3.63) is 46.7 Å². The van der Waals surface area contributed by atoms with Crippen molar-refractivity contribution < 1.29 is 17.9 Å². The van der Waals surface area contributed by atoms with Crippen LogP contribution in [0.5, 0.6) is 5.88 Å². The summed E-state index contributed by atoms with van der Waals surface area (Å²) in [5.41, 5.74) is -0.168. The zero-order chi connectivity index (χ0) is 15.5. The first-order chi connectivity index (χ1) is 9.90. The smallest absolute Gasteiger partial charge is 0.416 e. The third-order valence-electron chi connectivity index (χ3n) is 2.62. The van der Waals surface area contributed by atoms with E-state index in [1.54, 1.807) is 18.3 Å². The first kappa shape index (κ1) is 15.4. The van der Waals surface area contributed by atoms with Crippen LogP contribution in [-0.4, -0.2) is 17.1 Å². The van der Waals surface area contributed by atoms with Gasteiger partial charge in [0.25, 0.3) is 0 Å². The summed E-state index contributed by atoms with van der Waals surface area (Å²) >= 11 is 5.61. The summed E-state index contributed by atoms with van der Waals surface area (Å²) in [5.74, 6) is 0.420. The maximum absolute atomic E-state index is 12.7. The highest BCUT2D eigenvalue weighted by Gasteiger charge is 2.31. The molecule has 0 saturated carbocycles. The highest BCUT2D eigenvalue weighted by molar-refractivity contribution is 6.29. The van der Waals surface area contributed by atoms with Crippen molar-refractivity contribution in [1.29, 1.82) is 0 Å². The quantitative estimate of drug-likeness (QED) is 0.872. The molecule has 4 nitrogen and oxygen atoms in total. The Hall–Kier alpha value is -2.02. The summed E-state index contributed by atoms with van der Waals surface area (Å²) < 4.78 is 43.1. The third-order valence-corrected chi connectivity index (χ3v) is 2.82. The van der Waals surface area contributed by atoms with Gasteiger partial charge in [-0.15, -0.1) is 0 Å². The molecule has 2 heterocycles. The second kappa shape index (κ2) is 6.17. The molecule has 0 aliphatic heterocycles. The molecular formula is C13H11ClF3N3O. The van der Waals surface area contributed by atoms with Gasteiger partial charge in [-0.25, -0.2) is 9.97 Å². The first-order valence-electron chi connectivity index (χ1n) is 5.86. The lowest BCUT2D eigenvalue weighted by Gasteiger charge is -2.12. The van der Waals surface area contributed by atoms with Crippen LogP contribution in [0.3, 0.4) is 0 Å². The first-order valence-corrected chi connectivity index (χ1v) is 6.24. The fourth-order valence-electron chi connectivity index (χ4n) is 1.68. The van der Waals surface area contributed by atoms with Crippen molar-refractivity contribution >= 4 is 17.4 Å². The fraction of sp³-hybridized carbons (Fsp3) is 0.231. The summed E-state index contributed by atoms with van der Waals surface area (Å²) in [7, 11) is 1.46. The number of pyridine rings is 2. The van der Waals surface area contributed by atoms with Crippen molar-refractivity contribution in [2.45, 2.75) is 12.7 Å². The third kappa shape index (κ3) is 3.98. The van der Waals surface area contributed by atoms with Crippen LogP contribution in [0.25, 0.3) is 0 Å². The predicted molar refractivity (Wildman–Crippen MR) is 72.4 cm³/mol. The van der Waals surface area contributed by atoms with E-state index in [-0.39, 0.29) is 17.5 Å². The minimum atomic E-state index is -4.48. The van der Waals surface area contributed by atoms with Gasteiger partial charge in [-0.3, -0.25) is 0 Å². The van der Waals surface area contributed by atoms with Crippen LogP contribution in [-0.2, 0) is 12.7 Å². The van der Waals surface area contributed by atoms with Gasteiger partial charge >= 0.3 is 6.18 Å². The Balaban J connectivity index is 2.19. The van der Waals surface area contributed by atoms with E-state index in [0.29, 0.717) is 11.4 Å². The van der Waals surface area contributed by atoms with Crippen LogP contribution in [0.2, 0.25) is 5.15 Å². The van der Waals surface area contributed by atoms with Crippen molar-refractivity contribution in [2.75, 3.05) is 12.4 Å². The highest BCUT2D eigenvalue weighted by Crippen LogP contribution is 2.32. The molecule has 0 bridgehead atoms. The molecule has 0 aromatic carbocycles. The molecule has 0 aliphatic carbocycles. The van der Waals surface area contributed by atoms with E-state index in [0.717, 1.165) is 12.1 Å². The average molecular weight is 318 g/mol. The van der Waals surface area contributed by atoms with Crippen LogP contribution >= 0.6 is 11.6 Å². The Bertz CT molecular complexity index is 634. The van der Waals surface area contributed by atoms with E-state index in [4.69, 9.17) is 16.3 Å². The lowest BCUT2D eigenvalue weighted by Crippen LogP contribution is -2.09. The Morgan fingerprint density at radius 2 is 2.10 bits per heavy atom. The largest absolute Gasteiger partial charge is 0.481 e. The van der Waals surface area contributed by atoms with Crippen molar-refractivity contribution in [3.63, 3.8) is 0 Å². The van der Waals surface area contributed by atoms with E-state index in [2.05, 4.69) is 15.3 Å². The topological polar surface area (TPSA) is 47.0 Å². The molecule has 2 aromatic heterocycles. The normalized spacial score (nSPS) is 11.3. The molecule has 0 unspecified atom stereocenters. The molecule has 0 fully saturated rings. The highest BCUT2D eigenvalue weighted by atomic mass is 35.5. The average Bonchev–Trinajstić information content (AvgIpc) is 2.44. The van der Waals surface area contributed by atoms with E-state index in [1.807, 2.05) is 0 Å². The number of rotatable bonds is 4. The van der Waals surface area contributed by atoms with Gasteiger partial charge in [0.05, 0.1) is 12.7 Å². The number of aromatic nitrogens is 2. The van der Waals surface area contributed by atoms with E-state index in [1.165, 1.54) is 7.11 Å². The molecule has 2 aromatic rings. The summed E-state index contributed by atoms with van der Waals surface area (Å²) in [6.45, 7) is 0.210. The van der Waals surface area contributed by atoms with E-state index in [9.17, 15) is 13.2 Å². The number of hydrogen-bond acceptors (Lipinski definition) is 4. The Kier molecular flexibility index (Phi) is 4.52. The zero-order valence-corrected chi connectivity index (χ0v) is 11.7. The predicted octanol–water partition coefficient (Wildman–Crippen LogP) is 3.77. The van der Waals surface area contributed by atoms with Crippen molar-refractivity contribution in [3.8, 4) is 5.88 Å². The number of methoxy groups -OCH3 is 1. The number of hydrogen-bond donors (Lipinski definition) is 1. The van der Waals surface area contributed by atoms with Gasteiger partial charge in [0, 0.05) is 18.3 Å². The number of nitrogens with zero attached hydrogens (tertiary/aromatic N) is 2. The lowest BCUT2D eigenvalue weighted by molar-refractivity contribution is -0.137. The number of anilines is 1. The minimum absolute atomic E-state index is 0.0285. The molecule has 1 N–H and O–H groups in total. The minimum Gasteiger partial charge on any atom is -0.481 e. The van der Waals surface area contributed by atoms with Gasteiger partial charge in [0.15, 0.2) is 0 Å². The SMILES string of the molecule is COc1ncccc1CNc1cc(C(F)(F)F)cc(Cl)n1. The van der Waals surface area contributed by atoms with Gasteiger partial charge in [0.1, 0.15) is 11.0 Å². The summed E-state index contributed by atoms with van der Waals surface area (Å²) in [6, 6.07) is 5.12. The maximum atomic E-state index is 12.7. The molecule has 2 rings (SSSR count). The number of ether oxygens (including phenoxy) is 1. The van der Waals surface area contributed by atoms with Gasteiger partial charge in [-0.05, 0) is 18.2 Å². The lowest BCUT2D eigenvalue weighted by atomic mass is 10.2. The van der Waals surface area contributed by atoms with Gasteiger partial charge in [-0.2, -0.15) is 13.2 Å². The molecule has 0 saturated heterocycles. The molecule has 0 atom stereocenters.